The first-order valence-corrected chi connectivity index (χ1v) is 15.8. The van der Waals surface area contributed by atoms with Crippen molar-refractivity contribution in [3.63, 3.8) is 0 Å². The molecular weight excluding hydrogens is 772 g/mol. The van der Waals surface area contributed by atoms with Crippen LogP contribution in [-0.4, -0.2) is 130 Å². The second kappa shape index (κ2) is 15.9. The Morgan fingerprint density at radius 1 is 0.456 bits per heavy atom. The van der Waals surface area contributed by atoms with Gasteiger partial charge in [0.15, 0.2) is 93.6 Å². The van der Waals surface area contributed by atoms with Crippen LogP contribution in [0.25, 0.3) is 0 Å². The second-order valence-corrected chi connectivity index (χ2v) is 11.9. The number of phenols is 12. The number of methoxy groups -OCH3 is 1. The molecule has 1 saturated heterocycles. The Bertz CT molecular complexity index is 2160. The van der Waals surface area contributed by atoms with E-state index in [1.807, 2.05) is 0 Å². The van der Waals surface area contributed by atoms with E-state index in [0.29, 0.717) is 48.5 Å². The molecule has 0 saturated carbocycles. The van der Waals surface area contributed by atoms with Crippen molar-refractivity contribution in [1.29, 1.82) is 0 Å². The molecule has 2 unspecified atom stereocenters. The third-order valence-electron chi connectivity index (χ3n) is 8.15. The van der Waals surface area contributed by atoms with Crippen molar-refractivity contribution in [3.8, 4) is 69.0 Å². The molecule has 1 aliphatic heterocycles. The number of carbonyl (C=O) groups is 4. The van der Waals surface area contributed by atoms with E-state index in [2.05, 4.69) is 0 Å². The molecule has 4 aromatic rings. The molecule has 57 heavy (non-hydrogen) atoms. The maximum Gasteiger partial charge on any atom is 0.339 e. The first kappa shape index (κ1) is 40.5. The summed E-state index contributed by atoms with van der Waals surface area (Å²) < 4.78 is 33.0. The van der Waals surface area contributed by atoms with Gasteiger partial charge in [0.25, 0.3) is 0 Å². The Labute approximate surface area is 316 Å². The van der Waals surface area contributed by atoms with Crippen molar-refractivity contribution in [2.75, 3.05) is 13.7 Å². The molecule has 0 bridgehead atoms. The van der Waals surface area contributed by atoms with Crippen LogP contribution in [-0.2, 0) is 28.4 Å². The lowest BCUT2D eigenvalue weighted by Crippen LogP contribution is -2.63. The van der Waals surface area contributed by atoms with Gasteiger partial charge < -0.3 is 89.7 Å². The number of phenolic OH excluding ortho intramolecular Hbond substituents is 12. The Hall–Kier alpha value is -7.72. The summed E-state index contributed by atoms with van der Waals surface area (Å²) in [6.07, 6.45) is -10.1. The van der Waals surface area contributed by atoms with E-state index in [1.165, 1.54) is 0 Å². The predicted octanol–water partition coefficient (Wildman–Crippen LogP) is 1.36. The Kier molecular flexibility index (Phi) is 11.3. The number of benzene rings is 4. The van der Waals surface area contributed by atoms with Gasteiger partial charge in [0.2, 0.25) is 0 Å². The van der Waals surface area contributed by atoms with Crippen LogP contribution in [0.5, 0.6) is 69.0 Å². The average molecular weight is 803 g/mol. The lowest BCUT2D eigenvalue weighted by atomic mass is 9.97. The van der Waals surface area contributed by atoms with E-state index in [9.17, 15) is 80.5 Å². The van der Waals surface area contributed by atoms with Crippen LogP contribution in [0.4, 0.5) is 0 Å². The van der Waals surface area contributed by atoms with E-state index in [4.69, 9.17) is 28.4 Å². The molecule has 12 N–H and O–H groups in total. The number of rotatable bonds is 10. The number of ether oxygens (including phenoxy) is 6. The van der Waals surface area contributed by atoms with E-state index < -0.39 is 152 Å². The Balaban J connectivity index is 1.60. The third kappa shape index (κ3) is 8.35. The highest BCUT2D eigenvalue weighted by Gasteiger charge is 2.53. The molecule has 0 amide bonds. The van der Waals surface area contributed by atoms with E-state index in [-0.39, 0.29) is 0 Å². The monoisotopic (exact) mass is 802 g/mol. The van der Waals surface area contributed by atoms with Crippen LogP contribution in [0, 0.1) is 0 Å². The summed E-state index contributed by atoms with van der Waals surface area (Å²) >= 11 is 0. The summed E-state index contributed by atoms with van der Waals surface area (Å²) in [6, 6.07) is 5.29. The number of hydrogen-bond acceptors (Lipinski definition) is 22. The molecule has 1 aliphatic rings. The maximum absolute atomic E-state index is 13.6. The van der Waals surface area contributed by atoms with Crippen LogP contribution in [0.2, 0.25) is 0 Å². The summed E-state index contributed by atoms with van der Waals surface area (Å²) in [5.41, 5.74) is -2.50. The standard InChI is InChI=1S/C35H30O22/c1-52-35-30(57-34(51)14-8-21(42)27(47)22(43)9-14)29(56-33(50)13-6-19(40)26(46)20(41)7-13)28(55-32(49)12-4-17(38)25(45)18(39)5-12)23(54-35)10-53-31(48)11-2-15(36)24(44)16(37)3-11/h2-9,23,28-30,35-47H,10H2,1H3/t23?,28-,29+,30?,35-/m1/s1. The molecule has 1 heterocycles. The first-order valence-electron chi connectivity index (χ1n) is 15.8. The van der Waals surface area contributed by atoms with Crippen molar-refractivity contribution >= 4 is 23.9 Å². The zero-order valence-corrected chi connectivity index (χ0v) is 28.7. The van der Waals surface area contributed by atoms with Crippen molar-refractivity contribution in [1.82, 2.24) is 0 Å². The fraction of sp³-hybridized carbons (Fsp3) is 0.200. The summed E-state index contributed by atoms with van der Waals surface area (Å²) in [5, 5.41) is 119. The van der Waals surface area contributed by atoms with Gasteiger partial charge in [-0.15, -0.1) is 0 Å². The van der Waals surface area contributed by atoms with Crippen LogP contribution >= 0.6 is 0 Å². The molecular formula is C35H30O22. The van der Waals surface area contributed by atoms with Gasteiger partial charge in [0.1, 0.15) is 12.7 Å². The molecule has 0 aromatic heterocycles. The van der Waals surface area contributed by atoms with Crippen LogP contribution in [0.3, 0.4) is 0 Å². The minimum Gasteiger partial charge on any atom is -0.504 e. The quantitative estimate of drug-likeness (QED) is 0.0611. The number of esters is 4. The van der Waals surface area contributed by atoms with Crippen LogP contribution in [0.15, 0.2) is 48.5 Å². The largest absolute Gasteiger partial charge is 0.504 e. The van der Waals surface area contributed by atoms with Gasteiger partial charge in [-0.05, 0) is 48.5 Å². The molecule has 0 radical (unpaired) electrons. The average Bonchev–Trinajstić information content (AvgIpc) is 3.16. The van der Waals surface area contributed by atoms with Gasteiger partial charge in [-0.1, -0.05) is 0 Å². The molecule has 22 nitrogen and oxygen atoms in total. The predicted molar refractivity (Wildman–Crippen MR) is 179 cm³/mol. The third-order valence-corrected chi connectivity index (χ3v) is 8.15. The molecule has 5 rings (SSSR count). The normalized spacial score (nSPS) is 18.9. The highest BCUT2D eigenvalue weighted by atomic mass is 16.7. The van der Waals surface area contributed by atoms with Gasteiger partial charge in [0.05, 0.1) is 22.3 Å². The Morgan fingerprint density at radius 2 is 0.737 bits per heavy atom. The molecule has 0 spiro atoms. The fourth-order valence-corrected chi connectivity index (χ4v) is 5.31. The SMILES string of the molecule is CO[C@@H]1OC(COC(=O)c2cc(O)c(O)c(O)c2)[C@@H](OC(=O)c2cc(O)c(O)c(O)c2)[C@H](OC(=O)c2cc(O)c(O)c(O)c2)C1OC(=O)c1cc(O)c(O)c(O)c1. The van der Waals surface area contributed by atoms with Gasteiger partial charge in [-0.2, -0.15) is 0 Å². The summed E-state index contributed by atoms with van der Waals surface area (Å²) in [4.78, 5) is 53.6. The van der Waals surface area contributed by atoms with Crippen molar-refractivity contribution in [2.24, 2.45) is 0 Å². The zero-order chi connectivity index (χ0) is 42.0. The molecule has 1 fully saturated rings. The smallest absolute Gasteiger partial charge is 0.339 e. The molecule has 302 valence electrons. The molecule has 22 heteroatoms. The van der Waals surface area contributed by atoms with E-state index in [1.54, 1.807) is 0 Å². The zero-order valence-electron chi connectivity index (χ0n) is 28.7. The maximum atomic E-state index is 13.6. The highest BCUT2D eigenvalue weighted by Crippen LogP contribution is 2.40. The molecule has 0 aliphatic carbocycles. The lowest BCUT2D eigenvalue weighted by Gasteiger charge is -2.44. The number of hydrogen-bond donors (Lipinski definition) is 12. The summed E-state index contributed by atoms with van der Waals surface area (Å²) in [7, 11) is 0.984. The minimum absolute atomic E-state index is 0.535. The number of aromatic hydroxyl groups is 12. The minimum atomic E-state index is -2.17. The topological polar surface area (TPSA) is 366 Å². The fourth-order valence-electron chi connectivity index (χ4n) is 5.31. The molecule has 4 aromatic carbocycles. The molecule has 5 atom stereocenters. The summed E-state index contributed by atoms with van der Waals surface area (Å²) in [5.74, 6) is -17.6. The van der Waals surface area contributed by atoms with Gasteiger partial charge in [-0.3, -0.25) is 0 Å². The van der Waals surface area contributed by atoms with E-state index in [0.717, 1.165) is 7.11 Å². The van der Waals surface area contributed by atoms with Crippen molar-refractivity contribution in [3.05, 3.63) is 70.8 Å². The van der Waals surface area contributed by atoms with Crippen molar-refractivity contribution < 1.29 is 109 Å². The van der Waals surface area contributed by atoms with Gasteiger partial charge >= 0.3 is 23.9 Å². The van der Waals surface area contributed by atoms with Crippen molar-refractivity contribution in [2.45, 2.75) is 30.7 Å². The van der Waals surface area contributed by atoms with E-state index >= 15 is 0 Å². The lowest BCUT2D eigenvalue weighted by molar-refractivity contribution is -0.291. The summed E-state index contributed by atoms with van der Waals surface area (Å²) in [6.45, 7) is -1.000. The Morgan fingerprint density at radius 3 is 1.05 bits per heavy atom. The number of carbonyl (C=O) groups excluding carboxylic acids is 4. The van der Waals surface area contributed by atoms with Gasteiger partial charge in [0, 0.05) is 7.11 Å². The highest BCUT2D eigenvalue weighted by molar-refractivity contribution is 5.93. The van der Waals surface area contributed by atoms with Gasteiger partial charge in [-0.25, -0.2) is 19.2 Å². The second-order valence-electron chi connectivity index (χ2n) is 11.9. The van der Waals surface area contributed by atoms with Crippen LogP contribution in [0.1, 0.15) is 41.4 Å². The first-order chi connectivity index (χ1) is 26.8. The van der Waals surface area contributed by atoms with Crippen LogP contribution < -0.4 is 0 Å².